The Morgan fingerprint density at radius 3 is 2.89 bits per heavy atom. The second-order valence-electron chi connectivity index (χ2n) is 4.96. The third-order valence-corrected chi connectivity index (χ3v) is 3.54. The van der Waals surface area contributed by atoms with Crippen LogP contribution in [-0.2, 0) is 0 Å². The molecule has 98 valence electrons. The van der Waals surface area contributed by atoms with Crippen molar-refractivity contribution >= 4 is 11.6 Å². The molecule has 0 aliphatic carbocycles. The summed E-state index contributed by atoms with van der Waals surface area (Å²) in [4.78, 5) is 14.5. The van der Waals surface area contributed by atoms with E-state index in [4.69, 9.17) is 0 Å². The molecule has 1 aromatic carbocycles. The molecule has 0 aromatic heterocycles. The standard InChI is InChI=1S/C15H22N2O/c1-3-10-16-14-9-5-4-8-13(14)15(18)17-11-6-7-12(17)2/h4-5,8-9,12,16H,3,6-7,10-11H2,1-2H3. The summed E-state index contributed by atoms with van der Waals surface area (Å²) in [6.45, 7) is 6.05. The zero-order chi connectivity index (χ0) is 13.0. The van der Waals surface area contributed by atoms with Gasteiger partial charge < -0.3 is 10.2 Å². The lowest BCUT2D eigenvalue weighted by atomic mass is 10.1. The van der Waals surface area contributed by atoms with Crippen LogP contribution in [0.3, 0.4) is 0 Å². The van der Waals surface area contributed by atoms with Crippen LogP contribution in [0.25, 0.3) is 0 Å². The molecule has 1 aromatic rings. The fourth-order valence-corrected chi connectivity index (χ4v) is 2.47. The van der Waals surface area contributed by atoms with E-state index in [0.29, 0.717) is 6.04 Å². The predicted molar refractivity (Wildman–Crippen MR) is 75.0 cm³/mol. The third-order valence-electron chi connectivity index (χ3n) is 3.54. The number of benzene rings is 1. The summed E-state index contributed by atoms with van der Waals surface area (Å²) in [5, 5.41) is 3.33. The first-order chi connectivity index (χ1) is 8.74. The zero-order valence-corrected chi connectivity index (χ0v) is 11.3. The van der Waals surface area contributed by atoms with Gasteiger partial charge >= 0.3 is 0 Å². The van der Waals surface area contributed by atoms with Crippen LogP contribution in [0.5, 0.6) is 0 Å². The first kappa shape index (κ1) is 12.9. The third kappa shape index (κ3) is 2.66. The van der Waals surface area contributed by atoms with E-state index in [9.17, 15) is 4.79 Å². The average molecular weight is 246 g/mol. The van der Waals surface area contributed by atoms with Crippen LogP contribution in [0.1, 0.15) is 43.5 Å². The molecule has 1 amide bonds. The van der Waals surface area contributed by atoms with Crippen LogP contribution < -0.4 is 5.32 Å². The predicted octanol–water partition coefficient (Wildman–Crippen LogP) is 3.13. The fourth-order valence-electron chi connectivity index (χ4n) is 2.47. The van der Waals surface area contributed by atoms with Crippen LogP contribution in [0.2, 0.25) is 0 Å². The van der Waals surface area contributed by atoms with Gasteiger partial charge in [0.05, 0.1) is 5.56 Å². The van der Waals surface area contributed by atoms with E-state index < -0.39 is 0 Å². The van der Waals surface area contributed by atoms with Gasteiger partial charge in [0.15, 0.2) is 0 Å². The molecule has 0 radical (unpaired) electrons. The Bertz CT molecular complexity index is 417. The smallest absolute Gasteiger partial charge is 0.256 e. The Morgan fingerprint density at radius 1 is 1.44 bits per heavy atom. The molecule has 1 heterocycles. The van der Waals surface area contributed by atoms with Crippen molar-refractivity contribution in [2.24, 2.45) is 0 Å². The van der Waals surface area contributed by atoms with E-state index in [1.165, 1.54) is 0 Å². The van der Waals surface area contributed by atoms with E-state index in [2.05, 4.69) is 19.2 Å². The van der Waals surface area contributed by atoms with Crippen molar-refractivity contribution in [3.8, 4) is 0 Å². The van der Waals surface area contributed by atoms with Crippen molar-refractivity contribution < 1.29 is 4.79 Å². The largest absolute Gasteiger partial charge is 0.384 e. The average Bonchev–Trinajstić information content (AvgIpc) is 2.82. The highest BCUT2D eigenvalue weighted by atomic mass is 16.2. The molecule has 0 bridgehead atoms. The minimum atomic E-state index is 0.166. The van der Waals surface area contributed by atoms with Crippen LogP contribution >= 0.6 is 0 Å². The van der Waals surface area contributed by atoms with E-state index >= 15 is 0 Å². The molecule has 1 atom stereocenters. The van der Waals surface area contributed by atoms with E-state index in [0.717, 1.165) is 43.6 Å². The summed E-state index contributed by atoms with van der Waals surface area (Å²) in [5.41, 5.74) is 1.77. The van der Waals surface area contributed by atoms with Crippen LogP contribution in [-0.4, -0.2) is 29.9 Å². The van der Waals surface area contributed by atoms with Crippen LogP contribution in [0.4, 0.5) is 5.69 Å². The van der Waals surface area contributed by atoms with Gasteiger partial charge in [0, 0.05) is 24.8 Å². The SMILES string of the molecule is CCCNc1ccccc1C(=O)N1CCCC1C. The quantitative estimate of drug-likeness (QED) is 0.885. The Labute approximate surface area is 109 Å². The minimum absolute atomic E-state index is 0.166. The number of carbonyl (C=O) groups excluding carboxylic acids is 1. The van der Waals surface area contributed by atoms with Gasteiger partial charge in [0.1, 0.15) is 0 Å². The summed E-state index contributed by atoms with van der Waals surface area (Å²) >= 11 is 0. The number of nitrogens with zero attached hydrogens (tertiary/aromatic N) is 1. The topological polar surface area (TPSA) is 32.3 Å². The summed E-state index contributed by atoms with van der Waals surface area (Å²) in [6, 6.07) is 8.19. The van der Waals surface area contributed by atoms with Gasteiger partial charge in [-0.3, -0.25) is 4.79 Å². The summed E-state index contributed by atoms with van der Waals surface area (Å²) in [5.74, 6) is 0.166. The number of rotatable bonds is 4. The van der Waals surface area contributed by atoms with Gasteiger partial charge in [0.25, 0.3) is 5.91 Å². The maximum absolute atomic E-state index is 12.5. The monoisotopic (exact) mass is 246 g/mol. The van der Waals surface area contributed by atoms with E-state index in [1.807, 2.05) is 29.2 Å². The maximum atomic E-state index is 12.5. The highest BCUT2D eigenvalue weighted by Gasteiger charge is 2.27. The molecule has 1 aliphatic heterocycles. The molecule has 1 N–H and O–H groups in total. The number of amides is 1. The second-order valence-corrected chi connectivity index (χ2v) is 4.96. The van der Waals surface area contributed by atoms with Crippen molar-refractivity contribution in [3.63, 3.8) is 0 Å². The number of nitrogens with one attached hydrogen (secondary N) is 1. The molecule has 3 nitrogen and oxygen atoms in total. The molecule has 2 rings (SSSR count). The van der Waals surface area contributed by atoms with Crippen molar-refractivity contribution in [2.45, 2.75) is 39.2 Å². The lowest BCUT2D eigenvalue weighted by Gasteiger charge is -2.23. The Morgan fingerprint density at radius 2 is 2.22 bits per heavy atom. The zero-order valence-electron chi connectivity index (χ0n) is 11.3. The second kappa shape index (κ2) is 5.89. The number of anilines is 1. The van der Waals surface area contributed by atoms with Gasteiger partial charge in [-0.25, -0.2) is 0 Å². The molecule has 18 heavy (non-hydrogen) atoms. The van der Waals surface area contributed by atoms with E-state index in [-0.39, 0.29) is 5.91 Å². The molecule has 1 aliphatic rings. The van der Waals surface area contributed by atoms with E-state index in [1.54, 1.807) is 0 Å². The summed E-state index contributed by atoms with van der Waals surface area (Å²) in [6.07, 6.45) is 3.30. The Hall–Kier alpha value is -1.51. The Balaban J connectivity index is 2.18. The lowest BCUT2D eigenvalue weighted by Crippen LogP contribution is -2.34. The number of likely N-dealkylation sites (tertiary alicyclic amines) is 1. The van der Waals surface area contributed by atoms with Crippen LogP contribution in [0.15, 0.2) is 24.3 Å². The first-order valence-electron chi connectivity index (χ1n) is 6.88. The van der Waals surface area contributed by atoms with Crippen molar-refractivity contribution in [1.29, 1.82) is 0 Å². The Kier molecular flexibility index (Phi) is 4.24. The molecule has 1 unspecified atom stereocenters. The normalized spacial score (nSPS) is 19.0. The molecule has 0 spiro atoms. The van der Waals surface area contributed by atoms with Crippen molar-refractivity contribution in [2.75, 3.05) is 18.4 Å². The van der Waals surface area contributed by atoms with Gasteiger partial charge in [-0.1, -0.05) is 19.1 Å². The number of hydrogen-bond donors (Lipinski definition) is 1. The molecule has 0 saturated carbocycles. The minimum Gasteiger partial charge on any atom is -0.384 e. The molecule has 1 saturated heterocycles. The highest BCUT2D eigenvalue weighted by Crippen LogP contribution is 2.23. The number of hydrogen-bond acceptors (Lipinski definition) is 2. The maximum Gasteiger partial charge on any atom is 0.256 e. The molecular formula is C15H22N2O. The molecule has 1 fully saturated rings. The summed E-state index contributed by atoms with van der Waals surface area (Å²) < 4.78 is 0. The van der Waals surface area contributed by atoms with Gasteiger partial charge in [-0.2, -0.15) is 0 Å². The van der Waals surface area contributed by atoms with Crippen LogP contribution in [0, 0.1) is 0 Å². The van der Waals surface area contributed by atoms with Gasteiger partial charge in [-0.15, -0.1) is 0 Å². The number of carbonyl (C=O) groups is 1. The van der Waals surface area contributed by atoms with Crippen molar-refractivity contribution in [3.05, 3.63) is 29.8 Å². The summed E-state index contributed by atoms with van der Waals surface area (Å²) in [7, 11) is 0. The lowest BCUT2D eigenvalue weighted by molar-refractivity contribution is 0.0748. The van der Waals surface area contributed by atoms with Gasteiger partial charge in [-0.05, 0) is 38.3 Å². The highest BCUT2D eigenvalue weighted by molar-refractivity contribution is 5.99. The molecule has 3 heteroatoms. The fraction of sp³-hybridized carbons (Fsp3) is 0.533. The van der Waals surface area contributed by atoms with Crippen molar-refractivity contribution in [1.82, 2.24) is 4.90 Å². The van der Waals surface area contributed by atoms with Gasteiger partial charge in [0.2, 0.25) is 0 Å². The number of para-hydroxylation sites is 1. The molecular weight excluding hydrogens is 224 g/mol. The first-order valence-corrected chi connectivity index (χ1v) is 6.88.